The summed E-state index contributed by atoms with van der Waals surface area (Å²) < 4.78 is 10.5. The molecule has 16 heavy (non-hydrogen) atoms. The SMILES string of the molecule is COC(C)(CCCSCCCC(=O)Cl)OC. The number of hydrogen-bond donors (Lipinski definition) is 0. The molecule has 5 heteroatoms. The van der Waals surface area contributed by atoms with Crippen molar-refractivity contribution in [3.63, 3.8) is 0 Å². The van der Waals surface area contributed by atoms with E-state index in [4.69, 9.17) is 21.1 Å². The molecule has 0 unspecified atom stereocenters. The second-order valence-corrected chi connectivity index (χ2v) is 5.36. The molecule has 0 aliphatic carbocycles. The van der Waals surface area contributed by atoms with Gasteiger partial charge in [0.15, 0.2) is 5.79 Å². The molecule has 0 radical (unpaired) electrons. The van der Waals surface area contributed by atoms with Crippen molar-refractivity contribution in [2.45, 2.75) is 38.4 Å². The van der Waals surface area contributed by atoms with Gasteiger partial charge in [-0.15, -0.1) is 0 Å². The van der Waals surface area contributed by atoms with Gasteiger partial charge in [-0.1, -0.05) is 0 Å². The molecule has 0 amide bonds. The zero-order valence-corrected chi connectivity index (χ0v) is 11.8. The third-order valence-electron chi connectivity index (χ3n) is 2.45. The zero-order chi connectivity index (χ0) is 12.4. The Morgan fingerprint density at radius 3 is 2.31 bits per heavy atom. The Bertz CT molecular complexity index is 196. The summed E-state index contributed by atoms with van der Waals surface area (Å²) in [6.07, 6.45) is 3.25. The maximum Gasteiger partial charge on any atom is 0.221 e. The van der Waals surface area contributed by atoms with Gasteiger partial charge in [0.1, 0.15) is 0 Å². The average Bonchev–Trinajstić information content (AvgIpc) is 2.27. The molecule has 0 aliphatic rings. The first-order valence-corrected chi connectivity index (χ1v) is 6.93. The molecule has 0 aromatic heterocycles. The van der Waals surface area contributed by atoms with Gasteiger partial charge in [0.25, 0.3) is 0 Å². The van der Waals surface area contributed by atoms with Crippen molar-refractivity contribution >= 4 is 28.6 Å². The van der Waals surface area contributed by atoms with E-state index in [1.165, 1.54) is 0 Å². The van der Waals surface area contributed by atoms with E-state index >= 15 is 0 Å². The summed E-state index contributed by atoms with van der Waals surface area (Å²) in [5, 5.41) is -0.244. The van der Waals surface area contributed by atoms with Gasteiger partial charge >= 0.3 is 0 Å². The molecule has 0 fully saturated rings. The van der Waals surface area contributed by atoms with E-state index in [9.17, 15) is 4.79 Å². The van der Waals surface area contributed by atoms with Crippen LogP contribution < -0.4 is 0 Å². The molecule has 0 atom stereocenters. The Morgan fingerprint density at radius 2 is 1.81 bits per heavy atom. The zero-order valence-electron chi connectivity index (χ0n) is 10.3. The van der Waals surface area contributed by atoms with Crippen molar-refractivity contribution in [2.24, 2.45) is 0 Å². The predicted octanol–water partition coefficient (Wildman–Crippen LogP) is 3.05. The highest BCUT2D eigenvalue weighted by atomic mass is 35.5. The number of ether oxygens (including phenoxy) is 2. The summed E-state index contributed by atoms with van der Waals surface area (Å²) in [5.41, 5.74) is 0. The Hall–Kier alpha value is 0.230. The van der Waals surface area contributed by atoms with Crippen molar-refractivity contribution in [1.29, 1.82) is 0 Å². The average molecular weight is 269 g/mol. The third kappa shape index (κ3) is 8.39. The number of hydrogen-bond acceptors (Lipinski definition) is 4. The van der Waals surface area contributed by atoms with E-state index in [0.717, 1.165) is 30.8 Å². The van der Waals surface area contributed by atoms with Crippen LogP contribution >= 0.6 is 23.4 Å². The lowest BCUT2D eigenvalue weighted by atomic mass is 10.2. The van der Waals surface area contributed by atoms with Crippen molar-refractivity contribution in [3.05, 3.63) is 0 Å². The van der Waals surface area contributed by atoms with Crippen LogP contribution in [0.1, 0.15) is 32.6 Å². The fourth-order valence-corrected chi connectivity index (χ4v) is 2.23. The van der Waals surface area contributed by atoms with E-state index in [1.807, 2.05) is 18.7 Å². The Kier molecular flexibility index (Phi) is 9.41. The number of methoxy groups -OCH3 is 2. The molecule has 0 aromatic carbocycles. The van der Waals surface area contributed by atoms with Crippen LogP contribution in [0.15, 0.2) is 0 Å². The molecule has 0 saturated heterocycles. The second-order valence-electron chi connectivity index (χ2n) is 3.72. The van der Waals surface area contributed by atoms with Gasteiger partial charge in [0, 0.05) is 27.1 Å². The van der Waals surface area contributed by atoms with Crippen molar-refractivity contribution in [1.82, 2.24) is 0 Å². The number of rotatable bonds is 10. The highest BCUT2D eigenvalue weighted by Gasteiger charge is 2.21. The van der Waals surface area contributed by atoms with Crippen molar-refractivity contribution in [2.75, 3.05) is 25.7 Å². The van der Waals surface area contributed by atoms with Crippen molar-refractivity contribution < 1.29 is 14.3 Å². The fraction of sp³-hybridized carbons (Fsp3) is 0.909. The van der Waals surface area contributed by atoms with Crippen LogP contribution in [0, 0.1) is 0 Å². The van der Waals surface area contributed by atoms with Gasteiger partial charge < -0.3 is 9.47 Å². The monoisotopic (exact) mass is 268 g/mol. The molecule has 0 aliphatic heterocycles. The van der Waals surface area contributed by atoms with Crippen LogP contribution in [0.25, 0.3) is 0 Å². The summed E-state index contributed by atoms with van der Waals surface area (Å²) >= 11 is 7.07. The van der Waals surface area contributed by atoms with Crippen LogP contribution in [0.4, 0.5) is 0 Å². The minimum Gasteiger partial charge on any atom is -0.353 e. The molecular weight excluding hydrogens is 248 g/mol. The Balaban J connectivity index is 3.36. The van der Waals surface area contributed by atoms with Crippen LogP contribution in [0.5, 0.6) is 0 Å². The molecule has 3 nitrogen and oxygen atoms in total. The summed E-state index contributed by atoms with van der Waals surface area (Å²) in [5.74, 6) is 1.57. The van der Waals surface area contributed by atoms with Crippen LogP contribution in [-0.4, -0.2) is 36.8 Å². The fourth-order valence-electron chi connectivity index (χ4n) is 1.20. The number of thioether (sulfide) groups is 1. The summed E-state index contributed by atoms with van der Waals surface area (Å²) in [7, 11) is 3.31. The largest absolute Gasteiger partial charge is 0.353 e. The summed E-state index contributed by atoms with van der Waals surface area (Å²) in [6, 6.07) is 0. The normalized spacial score (nSPS) is 11.8. The first-order valence-electron chi connectivity index (χ1n) is 5.40. The van der Waals surface area contributed by atoms with Crippen LogP contribution in [-0.2, 0) is 14.3 Å². The molecule has 0 saturated carbocycles. The molecule has 0 rings (SSSR count). The summed E-state index contributed by atoms with van der Waals surface area (Å²) in [6.45, 7) is 1.93. The van der Waals surface area contributed by atoms with Gasteiger partial charge in [-0.3, -0.25) is 4.79 Å². The molecule has 0 aromatic rings. The molecule has 0 N–H and O–H groups in total. The first kappa shape index (κ1) is 16.2. The van der Waals surface area contributed by atoms with Crippen molar-refractivity contribution in [3.8, 4) is 0 Å². The quantitative estimate of drug-likeness (QED) is 0.347. The predicted molar refractivity (Wildman–Crippen MR) is 69.1 cm³/mol. The van der Waals surface area contributed by atoms with E-state index < -0.39 is 5.79 Å². The smallest absolute Gasteiger partial charge is 0.221 e. The molecule has 0 bridgehead atoms. The number of halogens is 1. The van der Waals surface area contributed by atoms with Gasteiger partial charge in [-0.05, 0) is 42.9 Å². The molecule has 0 heterocycles. The Labute approximate surface area is 107 Å². The Morgan fingerprint density at radius 1 is 1.25 bits per heavy atom. The van der Waals surface area contributed by atoms with E-state index in [2.05, 4.69) is 0 Å². The first-order chi connectivity index (χ1) is 7.54. The van der Waals surface area contributed by atoms with E-state index in [0.29, 0.717) is 6.42 Å². The van der Waals surface area contributed by atoms with Gasteiger partial charge in [0.2, 0.25) is 5.24 Å². The molecule has 0 spiro atoms. The number of carbonyl (C=O) groups is 1. The lowest BCUT2D eigenvalue weighted by Gasteiger charge is -2.26. The highest BCUT2D eigenvalue weighted by molar-refractivity contribution is 7.99. The van der Waals surface area contributed by atoms with Gasteiger partial charge in [0.05, 0.1) is 0 Å². The third-order valence-corrected chi connectivity index (χ3v) is 3.79. The molecule has 96 valence electrons. The van der Waals surface area contributed by atoms with E-state index in [-0.39, 0.29) is 5.24 Å². The topological polar surface area (TPSA) is 35.5 Å². The summed E-state index contributed by atoms with van der Waals surface area (Å²) in [4.78, 5) is 10.5. The maximum absolute atomic E-state index is 10.5. The minimum absolute atomic E-state index is 0.244. The van der Waals surface area contributed by atoms with Gasteiger partial charge in [-0.25, -0.2) is 0 Å². The van der Waals surface area contributed by atoms with Crippen LogP contribution in [0.3, 0.4) is 0 Å². The highest BCUT2D eigenvalue weighted by Crippen LogP contribution is 2.19. The number of carbonyl (C=O) groups excluding carboxylic acids is 1. The lowest BCUT2D eigenvalue weighted by molar-refractivity contribution is -0.197. The van der Waals surface area contributed by atoms with E-state index in [1.54, 1.807) is 14.2 Å². The lowest BCUT2D eigenvalue weighted by Crippen LogP contribution is -2.29. The standard InChI is InChI=1S/C11H21ClO3S/c1-11(14-2,15-3)7-5-9-16-8-4-6-10(12)13/h4-9H2,1-3H3. The molecular formula is C11H21ClO3S. The maximum atomic E-state index is 10.5. The minimum atomic E-state index is -0.466. The van der Waals surface area contributed by atoms with Gasteiger partial charge in [-0.2, -0.15) is 11.8 Å². The van der Waals surface area contributed by atoms with Crippen LogP contribution in [0.2, 0.25) is 0 Å². The second kappa shape index (κ2) is 9.28.